The molecule has 1 spiro atoms. The summed E-state index contributed by atoms with van der Waals surface area (Å²) in [6.07, 6.45) is -49.9. The number of fused-ring (bicyclic) bond motifs is 3. The van der Waals surface area contributed by atoms with E-state index in [4.69, 9.17) is 56.8 Å². The fourth-order valence-corrected chi connectivity index (χ4v) is 16.5. The van der Waals surface area contributed by atoms with Crippen molar-refractivity contribution in [3.8, 4) is 0 Å². The fourth-order valence-electron chi connectivity index (χ4n) is 16.5. The molecule has 10 aliphatic rings. The third-order valence-electron chi connectivity index (χ3n) is 21.3. The van der Waals surface area contributed by atoms with E-state index in [-0.39, 0.29) is 11.8 Å². The van der Waals surface area contributed by atoms with Crippen molar-refractivity contribution in [3.63, 3.8) is 0 Å². The third-order valence-corrected chi connectivity index (χ3v) is 21.3. The standard InChI is InChI=1S/C56H90O33/c1-19-11-55-9-5-26-53(2,7-4-8-54(26,3)52(77)88-50-38(73)32(67)29(64)21(13-58)79-50)27(55)6-10-56(19,18-55)89-51-45(33(68)30(65)22(14-59)80-51)87-49-41(76)36(71)44(25(17-62)83-49)86-48-40(75)35(70)43(24(16-61)82-48)85-47-39(74)34(69)42(23(15-60)81-47)84-46-37(72)31(66)28(63)20(12-57)78-46/h20-51,57-76H,1,4-18H2,2-3H3/t20-,21-,22-,23-,24-,25-,26+,27+,28-,29-,30-,31+,32+,33+,34-,35-,36-,37-,38-,39-,40-,41-,42-,43-,44-,45-,46-,47-,48-,49+,50+,51+,53-,54-,55-,56+/m1/s1. The van der Waals surface area contributed by atoms with Gasteiger partial charge in [0.2, 0.25) is 6.29 Å². The molecule has 0 amide bonds. The van der Waals surface area contributed by atoms with Gasteiger partial charge >= 0.3 is 5.97 Å². The number of hydrogen-bond donors (Lipinski definition) is 20. The van der Waals surface area contributed by atoms with Crippen molar-refractivity contribution in [1.29, 1.82) is 0 Å². The highest BCUT2D eigenvalue weighted by atomic mass is 16.8. The Morgan fingerprint density at radius 3 is 1.24 bits per heavy atom. The van der Waals surface area contributed by atoms with E-state index in [1.54, 1.807) is 0 Å². The minimum Gasteiger partial charge on any atom is -0.432 e. The number of aliphatic hydroxyl groups excluding tert-OH is 20. The predicted molar refractivity (Wildman–Crippen MR) is 284 cm³/mol. The van der Waals surface area contributed by atoms with E-state index in [1.807, 2.05) is 6.92 Å². The average Bonchev–Trinajstić information content (AvgIpc) is 1.63. The molecular weight excluding hydrogens is 1200 g/mol. The Morgan fingerprint density at radius 2 is 0.787 bits per heavy atom. The van der Waals surface area contributed by atoms with Gasteiger partial charge in [0, 0.05) is 0 Å². The SMILES string of the molecule is C=C1C[C@@]23CC[C@H]4[C@@](C)(CCC[C@@]4(C)C(=O)O[C@@H]4O[C@H](CO)[C@@H](O)[C@H](O)[C@H]4O)[C@@H]2CC[C@]1(O[C@@H]1O[C@H](CO)[C@@H](O)[C@H](O)[C@H]1O[C@@H]1O[C@H](CO)[C@@H](O[C@H]2O[C@H](CO)[C@@H](O[C@H]4O[C@H](CO)[C@@H](O[C@H]5O[C@H](CO)[C@@H](O)[C@H](O)[C@H]5O)[C@H](O)[C@H]4O)[C@H](O)[C@H]2O)[C@H](O)[C@H]1O)C3. The Bertz CT molecular complexity index is 2390. The van der Waals surface area contributed by atoms with Crippen molar-refractivity contribution in [3.05, 3.63) is 12.2 Å². The maximum absolute atomic E-state index is 14.3. The second-order valence-corrected chi connectivity index (χ2v) is 26.4. The van der Waals surface area contributed by atoms with Gasteiger partial charge in [-0.25, -0.2) is 0 Å². The normalized spacial score (nSPS) is 54.5. The Balaban J connectivity index is 0.787. The predicted octanol–water partition coefficient (Wildman–Crippen LogP) is -9.47. The first-order chi connectivity index (χ1) is 42.1. The van der Waals surface area contributed by atoms with Crippen molar-refractivity contribution in [2.24, 2.45) is 28.1 Å². The lowest BCUT2D eigenvalue weighted by molar-refractivity contribution is -0.398. The van der Waals surface area contributed by atoms with Crippen LogP contribution in [0.3, 0.4) is 0 Å². The summed E-state index contributed by atoms with van der Waals surface area (Å²) in [6.45, 7) is 3.18. The summed E-state index contributed by atoms with van der Waals surface area (Å²) in [5.41, 5.74) is -2.43. The van der Waals surface area contributed by atoms with Gasteiger partial charge in [0.05, 0.1) is 50.7 Å². The first-order valence-electron chi connectivity index (χ1n) is 30.4. The number of ether oxygens (including phenoxy) is 12. The van der Waals surface area contributed by atoms with Crippen LogP contribution in [0.5, 0.6) is 0 Å². The number of rotatable bonds is 18. The van der Waals surface area contributed by atoms with E-state index in [9.17, 15) is 107 Å². The molecule has 6 heterocycles. The molecule has 4 aliphatic carbocycles. The number of esters is 1. The van der Waals surface area contributed by atoms with Crippen molar-refractivity contribution >= 4 is 5.97 Å². The molecule has 10 fully saturated rings. The summed E-state index contributed by atoms with van der Waals surface area (Å²) in [4.78, 5) is 14.3. The van der Waals surface area contributed by atoms with Crippen molar-refractivity contribution in [2.45, 2.75) is 261 Å². The van der Waals surface area contributed by atoms with Crippen LogP contribution in [0.1, 0.15) is 71.6 Å². The third kappa shape index (κ3) is 12.3. The molecule has 36 atom stereocenters. The van der Waals surface area contributed by atoms with E-state index >= 15 is 0 Å². The molecule has 6 aliphatic heterocycles. The van der Waals surface area contributed by atoms with E-state index in [1.165, 1.54) is 0 Å². The van der Waals surface area contributed by atoms with Gasteiger partial charge in [-0.05, 0) is 86.5 Å². The van der Waals surface area contributed by atoms with Crippen LogP contribution < -0.4 is 0 Å². The first kappa shape index (κ1) is 69.8. The van der Waals surface area contributed by atoms with Gasteiger partial charge in [-0.15, -0.1) is 0 Å². The van der Waals surface area contributed by atoms with Crippen molar-refractivity contribution in [2.75, 3.05) is 39.6 Å². The summed E-state index contributed by atoms with van der Waals surface area (Å²) in [6, 6.07) is 0. The number of hydrogen-bond acceptors (Lipinski definition) is 33. The van der Waals surface area contributed by atoms with Crippen LogP contribution in [0, 0.1) is 28.1 Å². The van der Waals surface area contributed by atoms with E-state index in [0.717, 1.165) is 6.42 Å². The molecule has 33 heteroatoms. The summed E-state index contributed by atoms with van der Waals surface area (Å²) < 4.78 is 70.4. The van der Waals surface area contributed by atoms with Gasteiger partial charge in [0.25, 0.3) is 0 Å². The van der Waals surface area contributed by atoms with Crippen LogP contribution in [0.4, 0.5) is 0 Å². The highest BCUT2D eigenvalue weighted by molar-refractivity contribution is 5.77. The molecule has 0 aromatic rings. The van der Waals surface area contributed by atoms with Crippen LogP contribution >= 0.6 is 0 Å². The zero-order chi connectivity index (χ0) is 64.7. The molecule has 512 valence electrons. The summed E-state index contributed by atoms with van der Waals surface area (Å²) in [5.74, 6) is -0.874. The van der Waals surface area contributed by atoms with E-state index in [2.05, 4.69) is 13.5 Å². The van der Waals surface area contributed by atoms with Crippen LogP contribution in [-0.4, -0.2) is 338 Å². The molecule has 6 saturated heterocycles. The van der Waals surface area contributed by atoms with Crippen LogP contribution in [-0.2, 0) is 61.6 Å². The monoisotopic (exact) mass is 1290 g/mol. The smallest absolute Gasteiger partial charge is 0.314 e. The molecule has 10 rings (SSSR count). The zero-order valence-electron chi connectivity index (χ0n) is 49.0. The summed E-state index contributed by atoms with van der Waals surface area (Å²) >= 11 is 0. The fraction of sp³-hybridized carbons (Fsp3) is 0.946. The maximum Gasteiger partial charge on any atom is 0.314 e. The Hall–Kier alpha value is -2.03. The molecular formula is C56H90O33. The van der Waals surface area contributed by atoms with Crippen molar-refractivity contribution < 1.29 is 164 Å². The topological polar surface area (TPSA) is 532 Å². The number of aliphatic hydroxyl groups is 20. The summed E-state index contributed by atoms with van der Waals surface area (Å²) in [7, 11) is 0. The van der Waals surface area contributed by atoms with E-state index in [0.29, 0.717) is 56.9 Å². The highest BCUT2D eigenvalue weighted by Gasteiger charge is 2.70. The average molecular weight is 1290 g/mol. The highest BCUT2D eigenvalue weighted by Crippen LogP contribution is 2.74. The lowest BCUT2D eigenvalue weighted by Crippen LogP contribution is -2.68. The van der Waals surface area contributed by atoms with Gasteiger partial charge < -0.3 is 159 Å². The molecule has 89 heavy (non-hydrogen) atoms. The molecule has 4 saturated carbocycles. The minimum atomic E-state index is -2.17. The van der Waals surface area contributed by atoms with Crippen LogP contribution in [0.2, 0.25) is 0 Å². The Labute approximate surface area is 509 Å². The molecule has 2 bridgehead atoms. The molecule has 0 aromatic carbocycles. The van der Waals surface area contributed by atoms with Crippen molar-refractivity contribution in [1.82, 2.24) is 0 Å². The Morgan fingerprint density at radius 1 is 0.427 bits per heavy atom. The lowest BCUT2D eigenvalue weighted by Gasteiger charge is -2.64. The Kier molecular flexibility index (Phi) is 21.4. The second kappa shape index (κ2) is 27.2. The second-order valence-electron chi connectivity index (χ2n) is 26.4. The molecule has 20 N–H and O–H groups in total. The van der Waals surface area contributed by atoms with Gasteiger partial charge in [-0.2, -0.15) is 0 Å². The molecule has 0 aromatic heterocycles. The summed E-state index contributed by atoms with van der Waals surface area (Å²) in [5, 5.41) is 215. The molecule has 0 unspecified atom stereocenters. The van der Waals surface area contributed by atoms with Crippen LogP contribution in [0.15, 0.2) is 12.2 Å². The van der Waals surface area contributed by atoms with Crippen LogP contribution in [0.25, 0.3) is 0 Å². The maximum atomic E-state index is 14.3. The molecule has 0 radical (unpaired) electrons. The first-order valence-corrected chi connectivity index (χ1v) is 30.4. The number of carbonyl (C=O) groups is 1. The van der Waals surface area contributed by atoms with E-state index < -0.39 is 252 Å². The van der Waals surface area contributed by atoms with Gasteiger partial charge in [-0.3, -0.25) is 4.79 Å². The van der Waals surface area contributed by atoms with Gasteiger partial charge in [0.15, 0.2) is 31.5 Å². The van der Waals surface area contributed by atoms with Gasteiger partial charge in [-0.1, -0.05) is 19.9 Å². The van der Waals surface area contributed by atoms with Gasteiger partial charge in [0.1, 0.15) is 146 Å². The molecule has 33 nitrogen and oxygen atoms in total. The number of carbonyl (C=O) groups excluding carboxylic acids is 1. The zero-order valence-corrected chi connectivity index (χ0v) is 49.0. The minimum absolute atomic E-state index is 0.00210. The lowest BCUT2D eigenvalue weighted by atomic mass is 9.41. The largest absolute Gasteiger partial charge is 0.432 e. The quantitative estimate of drug-likeness (QED) is 0.0344.